The van der Waals surface area contributed by atoms with Gasteiger partial charge in [-0.1, -0.05) is 68.4 Å². The highest BCUT2D eigenvalue weighted by atomic mass is 16.1. The standard InChI is InChI=1S/C18H21NO/c1-13(2)17(19-3)18(20)16-11-9-15(10-12-16)14-7-5-4-6-8-14/h4-13,17,19H,1-3H3. The van der Waals surface area contributed by atoms with Crippen LogP contribution in [0.1, 0.15) is 24.2 Å². The lowest BCUT2D eigenvalue weighted by molar-refractivity contribution is 0.0922. The van der Waals surface area contributed by atoms with Crippen LogP contribution < -0.4 is 5.32 Å². The molecular weight excluding hydrogens is 246 g/mol. The van der Waals surface area contributed by atoms with Gasteiger partial charge >= 0.3 is 0 Å². The summed E-state index contributed by atoms with van der Waals surface area (Å²) in [6.45, 7) is 4.11. The Bertz CT molecular complexity index is 558. The maximum atomic E-state index is 12.4. The number of benzene rings is 2. The molecule has 0 aliphatic carbocycles. The minimum absolute atomic E-state index is 0.127. The highest BCUT2D eigenvalue weighted by Gasteiger charge is 2.21. The van der Waals surface area contributed by atoms with Crippen molar-refractivity contribution in [2.45, 2.75) is 19.9 Å². The Morgan fingerprint density at radius 1 is 0.900 bits per heavy atom. The molecule has 0 bridgehead atoms. The molecule has 0 heterocycles. The Balaban J connectivity index is 2.22. The van der Waals surface area contributed by atoms with E-state index in [1.165, 1.54) is 5.56 Å². The minimum Gasteiger partial charge on any atom is -0.310 e. The lowest BCUT2D eigenvalue weighted by Gasteiger charge is -2.18. The first-order chi connectivity index (χ1) is 9.63. The van der Waals surface area contributed by atoms with Gasteiger partial charge in [0.1, 0.15) is 0 Å². The van der Waals surface area contributed by atoms with Crippen molar-refractivity contribution in [3.05, 3.63) is 60.2 Å². The molecule has 0 amide bonds. The maximum Gasteiger partial charge on any atom is 0.179 e. The number of nitrogens with one attached hydrogen (secondary N) is 1. The van der Waals surface area contributed by atoms with Crippen molar-refractivity contribution in [3.63, 3.8) is 0 Å². The number of hydrogen-bond donors (Lipinski definition) is 1. The highest BCUT2D eigenvalue weighted by Crippen LogP contribution is 2.20. The molecule has 0 spiro atoms. The minimum atomic E-state index is -0.127. The van der Waals surface area contributed by atoms with Crippen molar-refractivity contribution < 1.29 is 4.79 Å². The summed E-state index contributed by atoms with van der Waals surface area (Å²) < 4.78 is 0. The summed E-state index contributed by atoms with van der Waals surface area (Å²) in [5, 5.41) is 3.10. The molecule has 20 heavy (non-hydrogen) atoms. The normalized spacial score (nSPS) is 12.4. The van der Waals surface area contributed by atoms with E-state index < -0.39 is 0 Å². The Morgan fingerprint density at radius 3 is 1.95 bits per heavy atom. The topological polar surface area (TPSA) is 29.1 Å². The van der Waals surface area contributed by atoms with Crippen LogP contribution in [0.3, 0.4) is 0 Å². The lowest BCUT2D eigenvalue weighted by atomic mass is 9.94. The summed E-state index contributed by atoms with van der Waals surface area (Å²) in [6, 6.07) is 17.9. The predicted octanol–water partition coefficient (Wildman–Crippen LogP) is 3.78. The van der Waals surface area contributed by atoms with Gasteiger partial charge in [0.25, 0.3) is 0 Å². The first-order valence-corrected chi connectivity index (χ1v) is 7.00. The van der Waals surface area contributed by atoms with E-state index in [0.29, 0.717) is 0 Å². The molecule has 0 radical (unpaired) electrons. The Morgan fingerprint density at radius 2 is 1.45 bits per heavy atom. The fourth-order valence-electron chi connectivity index (χ4n) is 2.40. The molecule has 0 fully saturated rings. The van der Waals surface area contributed by atoms with Crippen molar-refractivity contribution in [2.24, 2.45) is 5.92 Å². The Hall–Kier alpha value is -1.93. The molecular formula is C18H21NO. The number of carbonyl (C=O) groups excluding carboxylic acids is 1. The molecule has 1 unspecified atom stereocenters. The second-order valence-electron chi connectivity index (χ2n) is 5.32. The van der Waals surface area contributed by atoms with Gasteiger partial charge in [-0.2, -0.15) is 0 Å². The van der Waals surface area contributed by atoms with Crippen LogP contribution in [0.15, 0.2) is 54.6 Å². The first-order valence-electron chi connectivity index (χ1n) is 7.00. The van der Waals surface area contributed by atoms with E-state index in [2.05, 4.69) is 31.3 Å². The van der Waals surface area contributed by atoms with Gasteiger partial charge in [0.15, 0.2) is 5.78 Å². The van der Waals surface area contributed by atoms with Gasteiger partial charge in [-0.15, -0.1) is 0 Å². The third kappa shape index (κ3) is 3.14. The zero-order valence-corrected chi connectivity index (χ0v) is 12.3. The van der Waals surface area contributed by atoms with Crippen molar-refractivity contribution in [1.29, 1.82) is 0 Å². The van der Waals surface area contributed by atoms with E-state index in [1.54, 1.807) is 0 Å². The molecule has 104 valence electrons. The van der Waals surface area contributed by atoms with Crippen LogP contribution in [-0.2, 0) is 0 Å². The number of carbonyl (C=O) groups is 1. The maximum absolute atomic E-state index is 12.4. The number of hydrogen-bond acceptors (Lipinski definition) is 2. The molecule has 0 aliphatic rings. The summed E-state index contributed by atoms with van der Waals surface area (Å²) in [4.78, 5) is 12.4. The second kappa shape index (κ2) is 6.49. The van der Waals surface area contributed by atoms with Crippen molar-refractivity contribution >= 4 is 5.78 Å². The van der Waals surface area contributed by atoms with E-state index in [4.69, 9.17) is 0 Å². The van der Waals surface area contributed by atoms with Crippen molar-refractivity contribution in [2.75, 3.05) is 7.05 Å². The summed E-state index contributed by atoms with van der Waals surface area (Å²) in [7, 11) is 1.83. The largest absolute Gasteiger partial charge is 0.310 e. The fourth-order valence-corrected chi connectivity index (χ4v) is 2.40. The Kier molecular flexibility index (Phi) is 4.70. The van der Waals surface area contributed by atoms with Crippen LogP contribution in [0, 0.1) is 5.92 Å². The summed E-state index contributed by atoms with van der Waals surface area (Å²) in [5.41, 5.74) is 3.06. The van der Waals surface area contributed by atoms with Gasteiger partial charge in [0.05, 0.1) is 6.04 Å². The average molecular weight is 267 g/mol. The van der Waals surface area contributed by atoms with Crippen LogP contribution in [0.4, 0.5) is 0 Å². The van der Waals surface area contributed by atoms with E-state index in [0.717, 1.165) is 11.1 Å². The summed E-state index contributed by atoms with van der Waals surface area (Å²) >= 11 is 0. The van der Waals surface area contributed by atoms with Crippen LogP contribution >= 0.6 is 0 Å². The zero-order valence-electron chi connectivity index (χ0n) is 12.3. The third-order valence-corrected chi connectivity index (χ3v) is 3.54. The van der Waals surface area contributed by atoms with E-state index in [9.17, 15) is 4.79 Å². The van der Waals surface area contributed by atoms with Gasteiger partial charge in [0, 0.05) is 5.56 Å². The van der Waals surface area contributed by atoms with Crippen LogP contribution in [-0.4, -0.2) is 18.9 Å². The molecule has 1 N–H and O–H groups in total. The summed E-state index contributed by atoms with van der Waals surface area (Å²) in [6.07, 6.45) is 0. The van der Waals surface area contributed by atoms with Crippen molar-refractivity contribution in [1.82, 2.24) is 5.32 Å². The monoisotopic (exact) mass is 267 g/mol. The molecule has 0 aliphatic heterocycles. The third-order valence-electron chi connectivity index (χ3n) is 3.54. The van der Waals surface area contributed by atoms with Gasteiger partial charge in [0.2, 0.25) is 0 Å². The second-order valence-corrected chi connectivity index (χ2v) is 5.32. The molecule has 2 nitrogen and oxygen atoms in total. The van der Waals surface area contributed by atoms with Gasteiger partial charge in [-0.05, 0) is 24.1 Å². The molecule has 1 atom stereocenters. The first kappa shape index (κ1) is 14.5. The highest BCUT2D eigenvalue weighted by molar-refractivity contribution is 6.00. The molecule has 2 aromatic rings. The predicted molar refractivity (Wildman–Crippen MR) is 83.9 cm³/mol. The average Bonchev–Trinajstić information content (AvgIpc) is 2.48. The van der Waals surface area contributed by atoms with Gasteiger partial charge in [-0.3, -0.25) is 4.79 Å². The Labute approximate surface area is 120 Å². The number of likely N-dealkylation sites (N-methyl/N-ethyl adjacent to an activating group) is 1. The van der Waals surface area contributed by atoms with E-state index >= 15 is 0 Å². The molecule has 2 aromatic carbocycles. The van der Waals surface area contributed by atoms with Crippen LogP contribution in [0.2, 0.25) is 0 Å². The van der Waals surface area contributed by atoms with Crippen molar-refractivity contribution in [3.8, 4) is 11.1 Å². The SMILES string of the molecule is CNC(C(=O)c1ccc(-c2ccccc2)cc1)C(C)C. The summed E-state index contributed by atoms with van der Waals surface area (Å²) in [5.74, 6) is 0.434. The fraction of sp³-hybridized carbons (Fsp3) is 0.278. The number of Topliss-reactive ketones (excluding diaryl/α,β-unsaturated/α-hetero) is 1. The quantitative estimate of drug-likeness (QED) is 0.835. The van der Waals surface area contributed by atoms with Crippen LogP contribution in [0.25, 0.3) is 11.1 Å². The molecule has 2 rings (SSSR count). The zero-order chi connectivity index (χ0) is 14.5. The molecule has 0 saturated carbocycles. The molecule has 0 aromatic heterocycles. The molecule has 2 heteroatoms. The van der Waals surface area contributed by atoms with Gasteiger partial charge in [-0.25, -0.2) is 0 Å². The lowest BCUT2D eigenvalue weighted by Crippen LogP contribution is -2.38. The van der Waals surface area contributed by atoms with E-state index in [1.807, 2.05) is 49.5 Å². The number of ketones is 1. The van der Waals surface area contributed by atoms with Crippen LogP contribution in [0.5, 0.6) is 0 Å². The molecule has 0 saturated heterocycles. The van der Waals surface area contributed by atoms with Gasteiger partial charge < -0.3 is 5.32 Å². The number of rotatable bonds is 5. The smallest absolute Gasteiger partial charge is 0.179 e. The van der Waals surface area contributed by atoms with E-state index in [-0.39, 0.29) is 17.7 Å².